The van der Waals surface area contributed by atoms with Crippen LogP contribution in [-0.4, -0.2) is 18.3 Å². The number of ether oxygens (including phenoxy) is 1. The minimum absolute atomic E-state index is 0.00489. The molecule has 0 heterocycles. The molecule has 0 unspecified atom stereocenters. The third kappa shape index (κ3) is 4.30. The van der Waals surface area contributed by atoms with Crippen LogP contribution in [0.25, 0.3) is 11.1 Å². The quantitative estimate of drug-likeness (QED) is 0.382. The third-order valence-corrected chi connectivity index (χ3v) is 3.25. The van der Waals surface area contributed by atoms with Crippen LogP contribution in [0, 0.1) is 0 Å². The first-order valence-electron chi connectivity index (χ1n) is 7.42. The number of anilines is 1. The second-order valence-electron chi connectivity index (χ2n) is 4.91. The summed E-state index contributed by atoms with van der Waals surface area (Å²) in [6.45, 7) is 3.52. The molecule has 0 aliphatic carbocycles. The minimum Gasteiger partial charge on any atom is -0.501 e. The van der Waals surface area contributed by atoms with Crippen LogP contribution in [0.2, 0.25) is 0 Å². The fourth-order valence-electron chi connectivity index (χ4n) is 2.11. The number of benzene rings is 2. The van der Waals surface area contributed by atoms with Crippen LogP contribution in [-0.2, 0) is 14.3 Å². The number of hydrogen-bond acceptors (Lipinski definition) is 3. The van der Waals surface area contributed by atoms with Gasteiger partial charge < -0.3 is 10.1 Å². The van der Waals surface area contributed by atoms with E-state index in [-0.39, 0.29) is 11.4 Å². The molecule has 2 rings (SSSR count). The van der Waals surface area contributed by atoms with E-state index in [1.54, 1.807) is 13.0 Å². The third-order valence-electron chi connectivity index (χ3n) is 3.25. The van der Waals surface area contributed by atoms with E-state index >= 15 is 0 Å². The molecule has 0 radical (unpaired) electrons. The van der Waals surface area contributed by atoms with Crippen LogP contribution in [0.5, 0.6) is 0 Å². The maximum absolute atomic E-state index is 12.4. The van der Waals surface area contributed by atoms with Crippen molar-refractivity contribution in [1.82, 2.24) is 0 Å². The second kappa shape index (κ2) is 7.94. The van der Waals surface area contributed by atoms with E-state index in [0.717, 1.165) is 11.1 Å². The Morgan fingerprint density at radius 1 is 1.04 bits per heavy atom. The van der Waals surface area contributed by atoms with Gasteiger partial charge in [0.1, 0.15) is 5.57 Å². The summed E-state index contributed by atoms with van der Waals surface area (Å²) in [6.07, 6.45) is 1.21. The van der Waals surface area contributed by atoms with Crippen LogP contribution < -0.4 is 5.32 Å². The highest BCUT2D eigenvalue weighted by Crippen LogP contribution is 2.27. The lowest BCUT2D eigenvalue weighted by Gasteiger charge is -2.12. The molecule has 1 amide bonds. The molecule has 0 saturated carbocycles. The van der Waals surface area contributed by atoms with Gasteiger partial charge in [-0.05, 0) is 25.5 Å². The summed E-state index contributed by atoms with van der Waals surface area (Å²) >= 11 is 0. The van der Waals surface area contributed by atoms with Crippen LogP contribution in [0.15, 0.2) is 66.4 Å². The van der Waals surface area contributed by atoms with Crippen molar-refractivity contribution in [3.05, 3.63) is 66.4 Å². The zero-order valence-corrected chi connectivity index (χ0v) is 13.2. The van der Waals surface area contributed by atoms with Gasteiger partial charge in [-0.25, -0.2) is 0 Å². The number of ketones is 1. The predicted octanol–water partition coefficient (Wildman–Crippen LogP) is 3.80. The number of amides is 1. The molecule has 0 atom stereocenters. The van der Waals surface area contributed by atoms with Crippen molar-refractivity contribution in [3.63, 3.8) is 0 Å². The molecule has 0 bridgehead atoms. The molecular formula is C19H19NO3. The lowest BCUT2D eigenvalue weighted by atomic mass is 10.0. The first-order valence-corrected chi connectivity index (χ1v) is 7.42. The number of carbonyl (C=O) groups excluding carboxylic acids is 2. The highest BCUT2D eigenvalue weighted by Gasteiger charge is 2.16. The molecule has 0 fully saturated rings. The summed E-state index contributed by atoms with van der Waals surface area (Å²) in [7, 11) is 0. The number of rotatable bonds is 6. The van der Waals surface area contributed by atoms with Crippen molar-refractivity contribution in [3.8, 4) is 11.1 Å². The molecular weight excluding hydrogens is 290 g/mol. The number of Topliss-reactive ketones (excluding diaryl/α,β-unsaturated/α-hetero) is 1. The summed E-state index contributed by atoms with van der Waals surface area (Å²) in [4.78, 5) is 24.0. The van der Waals surface area contributed by atoms with E-state index in [2.05, 4.69) is 5.32 Å². The first-order chi connectivity index (χ1) is 11.1. The van der Waals surface area contributed by atoms with Gasteiger partial charge in [-0.2, -0.15) is 0 Å². The van der Waals surface area contributed by atoms with Crippen molar-refractivity contribution in [2.75, 3.05) is 11.9 Å². The average molecular weight is 309 g/mol. The Morgan fingerprint density at radius 3 is 2.35 bits per heavy atom. The summed E-state index contributed by atoms with van der Waals surface area (Å²) in [5.74, 6) is -0.817. The van der Waals surface area contributed by atoms with Crippen molar-refractivity contribution >= 4 is 17.4 Å². The van der Waals surface area contributed by atoms with E-state index < -0.39 is 5.91 Å². The smallest absolute Gasteiger partial charge is 0.262 e. The standard InChI is InChI=1S/C19H19NO3/c1-3-23-13-17(14(2)21)19(22)20-18-12-8-7-11-16(18)15-9-5-4-6-10-15/h4-13H,3H2,1-2H3,(H,20,22). The maximum Gasteiger partial charge on any atom is 0.262 e. The Hall–Kier alpha value is -2.88. The Bertz CT molecular complexity index is 720. The summed E-state index contributed by atoms with van der Waals surface area (Å²) in [5, 5.41) is 2.79. The van der Waals surface area contributed by atoms with Gasteiger partial charge in [0.05, 0.1) is 12.9 Å². The molecule has 118 valence electrons. The van der Waals surface area contributed by atoms with Gasteiger partial charge in [-0.3, -0.25) is 9.59 Å². The normalized spacial score (nSPS) is 11.0. The van der Waals surface area contributed by atoms with E-state index in [1.165, 1.54) is 13.2 Å². The van der Waals surface area contributed by atoms with Gasteiger partial charge in [0.2, 0.25) is 0 Å². The van der Waals surface area contributed by atoms with Gasteiger partial charge >= 0.3 is 0 Å². The average Bonchev–Trinajstić information content (AvgIpc) is 2.56. The molecule has 0 aromatic heterocycles. The molecule has 4 heteroatoms. The monoisotopic (exact) mass is 309 g/mol. The lowest BCUT2D eigenvalue weighted by Crippen LogP contribution is -2.19. The lowest BCUT2D eigenvalue weighted by molar-refractivity contribution is -0.119. The fraction of sp³-hybridized carbons (Fsp3) is 0.158. The van der Waals surface area contributed by atoms with Crippen molar-refractivity contribution in [2.24, 2.45) is 0 Å². The molecule has 2 aromatic rings. The second-order valence-corrected chi connectivity index (χ2v) is 4.91. The van der Waals surface area contributed by atoms with Crippen LogP contribution >= 0.6 is 0 Å². The van der Waals surface area contributed by atoms with E-state index in [4.69, 9.17) is 4.74 Å². The number of nitrogens with one attached hydrogen (secondary N) is 1. The zero-order valence-electron chi connectivity index (χ0n) is 13.2. The van der Waals surface area contributed by atoms with Crippen LogP contribution in [0.1, 0.15) is 13.8 Å². The van der Waals surface area contributed by atoms with E-state index in [1.807, 2.05) is 48.5 Å². The SMILES string of the molecule is CCOC=C(C(C)=O)C(=O)Nc1ccccc1-c1ccccc1. The minimum atomic E-state index is -0.477. The maximum atomic E-state index is 12.4. The Balaban J connectivity index is 2.30. The van der Waals surface area contributed by atoms with Crippen molar-refractivity contribution in [1.29, 1.82) is 0 Å². The fourth-order valence-corrected chi connectivity index (χ4v) is 2.11. The Morgan fingerprint density at radius 2 is 1.70 bits per heavy atom. The highest BCUT2D eigenvalue weighted by atomic mass is 16.5. The van der Waals surface area contributed by atoms with Crippen molar-refractivity contribution < 1.29 is 14.3 Å². The first kappa shape index (κ1) is 16.5. The molecule has 0 aliphatic rings. The number of hydrogen-bond donors (Lipinski definition) is 1. The van der Waals surface area contributed by atoms with E-state index in [0.29, 0.717) is 12.3 Å². The molecule has 4 nitrogen and oxygen atoms in total. The van der Waals surface area contributed by atoms with Gasteiger partial charge in [-0.1, -0.05) is 48.5 Å². The molecule has 0 spiro atoms. The topological polar surface area (TPSA) is 55.4 Å². The largest absolute Gasteiger partial charge is 0.501 e. The molecule has 23 heavy (non-hydrogen) atoms. The molecule has 0 saturated heterocycles. The molecule has 2 aromatic carbocycles. The van der Waals surface area contributed by atoms with Crippen LogP contribution in [0.3, 0.4) is 0 Å². The van der Waals surface area contributed by atoms with Gasteiger partial charge in [-0.15, -0.1) is 0 Å². The Labute approximate surface area is 135 Å². The number of carbonyl (C=O) groups is 2. The van der Waals surface area contributed by atoms with Gasteiger partial charge in [0.15, 0.2) is 5.78 Å². The van der Waals surface area contributed by atoms with Crippen LogP contribution in [0.4, 0.5) is 5.69 Å². The summed E-state index contributed by atoms with van der Waals surface area (Å²) < 4.78 is 5.09. The highest BCUT2D eigenvalue weighted by molar-refractivity contribution is 6.23. The molecule has 0 aliphatic heterocycles. The number of para-hydroxylation sites is 1. The Kier molecular flexibility index (Phi) is 5.69. The van der Waals surface area contributed by atoms with Gasteiger partial charge in [0.25, 0.3) is 5.91 Å². The van der Waals surface area contributed by atoms with Gasteiger partial charge in [0, 0.05) is 11.3 Å². The van der Waals surface area contributed by atoms with E-state index in [9.17, 15) is 9.59 Å². The predicted molar refractivity (Wildman–Crippen MR) is 90.9 cm³/mol. The zero-order chi connectivity index (χ0) is 16.7. The summed E-state index contributed by atoms with van der Waals surface area (Å²) in [5.41, 5.74) is 2.52. The molecule has 1 N–H and O–H groups in total. The van der Waals surface area contributed by atoms with Crippen molar-refractivity contribution in [2.45, 2.75) is 13.8 Å². The summed E-state index contributed by atoms with van der Waals surface area (Å²) in [6, 6.07) is 17.2.